The number of nitrogens with two attached hydrogens (primary N) is 1. The minimum Gasteiger partial charge on any atom is -0.339 e. The Balaban J connectivity index is 0.00000156. The summed E-state index contributed by atoms with van der Waals surface area (Å²) < 4.78 is 27.2. The number of hydrogen-bond donors (Lipinski definition) is 1. The summed E-state index contributed by atoms with van der Waals surface area (Å²) in [6, 6.07) is 3.66. The number of carbonyl (C=O) groups excluding carboxylic acids is 1. The summed E-state index contributed by atoms with van der Waals surface area (Å²) in [5.74, 6) is -1.03. The molecule has 0 radical (unpaired) electrons. The number of nitrogens with zero attached hydrogens (tertiary/aromatic N) is 2. The van der Waals surface area contributed by atoms with Gasteiger partial charge in [0, 0.05) is 43.9 Å². The van der Waals surface area contributed by atoms with E-state index in [-0.39, 0.29) is 36.8 Å². The molecule has 0 bridgehead atoms. The van der Waals surface area contributed by atoms with Gasteiger partial charge in [-0.1, -0.05) is 13.0 Å². The summed E-state index contributed by atoms with van der Waals surface area (Å²) in [4.78, 5) is 16.3. The predicted octanol–water partition coefficient (Wildman–Crippen LogP) is 2.90. The number of carbonyl (C=O) groups is 1. The maximum atomic E-state index is 14.1. The second-order valence-electron chi connectivity index (χ2n) is 6.57. The molecule has 1 aliphatic carbocycles. The quantitative estimate of drug-likeness (QED) is 0.852. The van der Waals surface area contributed by atoms with Gasteiger partial charge in [-0.2, -0.15) is 0 Å². The van der Waals surface area contributed by atoms with Crippen LogP contribution >= 0.6 is 24.8 Å². The van der Waals surface area contributed by atoms with E-state index in [0.29, 0.717) is 31.7 Å². The molecule has 1 aliphatic heterocycles. The fourth-order valence-corrected chi connectivity index (χ4v) is 3.35. The van der Waals surface area contributed by atoms with E-state index in [4.69, 9.17) is 5.73 Å². The Morgan fingerprint density at radius 2 is 1.80 bits per heavy atom. The minimum absolute atomic E-state index is 0. The van der Waals surface area contributed by atoms with Crippen molar-refractivity contribution in [3.8, 4) is 0 Å². The van der Waals surface area contributed by atoms with Crippen molar-refractivity contribution in [1.82, 2.24) is 9.80 Å². The van der Waals surface area contributed by atoms with Crippen LogP contribution in [0.15, 0.2) is 18.2 Å². The lowest BCUT2D eigenvalue weighted by Gasteiger charge is -2.40. The van der Waals surface area contributed by atoms with E-state index in [1.807, 2.05) is 11.8 Å². The van der Waals surface area contributed by atoms with Crippen LogP contribution in [0.2, 0.25) is 0 Å². The molecule has 1 atom stereocenters. The molecule has 0 aromatic heterocycles. The Morgan fingerprint density at radius 1 is 1.20 bits per heavy atom. The average molecular weight is 396 g/mol. The molecule has 1 unspecified atom stereocenters. The molecule has 3 rings (SSSR count). The standard InChI is InChI=1S/C17H23F2N3O.2ClH/c1-2-15(13-4-3-12(18)11-14(13)19)21-7-9-22(10-8-21)16(23)17(20)5-6-17;;/h3-4,11,15H,2,5-10,20H2,1H3;2*1H. The highest BCUT2D eigenvalue weighted by atomic mass is 35.5. The summed E-state index contributed by atoms with van der Waals surface area (Å²) in [6.45, 7) is 4.56. The van der Waals surface area contributed by atoms with E-state index in [9.17, 15) is 13.6 Å². The van der Waals surface area contributed by atoms with Crippen molar-refractivity contribution >= 4 is 30.7 Å². The topological polar surface area (TPSA) is 49.6 Å². The van der Waals surface area contributed by atoms with Crippen molar-refractivity contribution in [2.45, 2.75) is 37.8 Å². The fraction of sp³-hybridized carbons (Fsp3) is 0.588. The monoisotopic (exact) mass is 395 g/mol. The van der Waals surface area contributed by atoms with Crippen LogP contribution in [-0.4, -0.2) is 47.4 Å². The van der Waals surface area contributed by atoms with E-state index in [1.165, 1.54) is 12.1 Å². The SMILES string of the molecule is CCC(c1ccc(F)cc1F)N1CCN(C(=O)C2(N)CC2)CC1.Cl.Cl. The Kier molecular flexibility index (Phi) is 7.62. The Morgan fingerprint density at radius 3 is 2.28 bits per heavy atom. The number of hydrogen-bond acceptors (Lipinski definition) is 3. The summed E-state index contributed by atoms with van der Waals surface area (Å²) in [7, 11) is 0. The number of piperazine rings is 1. The molecular formula is C17H25Cl2F2N3O. The molecule has 1 heterocycles. The molecule has 4 nitrogen and oxygen atoms in total. The number of amides is 1. The lowest BCUT2D eigenvalue weighted by Crippen LogP contribution is -2.54. The van der Waals surface area contributed by atoms with Crippen LogP contribution in [0, 0.1) is 11.6 Å². The van der Waals surface area contributed by atoms with Gasteiger partial charge in [-0.05, 0) is 25.3 Å². The van der Waals surface area contributed by atoms with Gasteiger partial charge in [-0.3, -0.25) is 9.69 Å². The third-order valence-corrected chi connectivity index (χ3v) is 4.97. The molecule has 1 saturated heterocycles. The van der Waals surface area contributed by atoms with Crippen LogP contribution in [0.25, 0.3) is 0 Å². The van der Waals surface area contributed by atoms with Crippen LogP contribution in [0.5, 0.6) is 0 Å². The maximum Gasteiger partial charge on any atom is 0.242 e. The molecule has 1 aromatic rings. The van der Waals surface area contributed by atoms with E-state index >= 15 is 0 Å². The average Bonchev–Trinajstić information content (AvgIpc) is 3.29. The van der Waals surface area contributed by atoms with Crippen LogP contribution in [-0.2, 0) is 4.79 Å². The van der Waals surface area contributed by atoms with Gasteiger partial charge < -0.3 is 10.6 Å². The van der Waals surface area contributed by atoms with Gasteiger partial charge in [-0.25, -0.2) is 8.78 Å². The molecule has 2 fully saturated rings. The highest BCUT2D eigenvalue weighted by molar-refractivity contribution is 5.89. The van der Waals surface area contributed by atoms with Gasteiger partial charge in [0.25, 0.3) is 0 Å². The van der Waals surface area contributed by atoms with Gasteiger partial charge in [0.1, 0.15) is 11.6 Å². The van der Waals surface area contributed by atoms with Crippen molar-refractivity contribution in [2.24, 2.45) is 5.73 Å². The molecule has 1 saturated carbocycles. The predicted molar refractivity (Wildman–Crippen MR) is 98.2 cm³/mol. The minimum atomic E-state index is -0.630. The zero-order valence-corrected chi connectivity index (χ0v) is 15.8. The Hall–Kier alpha value is -0.950. The van der Waals surface area contributed by atoms with Crippen LogP contribution in [0.1, 0.15) is 37.8 Å². The van der Waals surface area contributed by atoms with E-state index in [0.717, 1.165) is 25.3 Å². The van der Waals surface area contributed by atoms with Crippen molar-refractivity contribution in [1.29, 1.82) is 0 Å². The van der Waals surface area contributed by atoms with Crippen molar-refractivity contribution in [2.75, 3.05) is 26.2 Å². The summed E-state index contributed by atoms with van der Waals surface area (Å²) in [5, 5.41) is 0. The largest absolute Gasteiger partial charge is 0.339 e. The molecule has 25 heavy (non-hydrogen) atoms. The second kappa shape index (κ2) is 8.62. The fourth-order valence-electron chi connectivity index (χ4n) is 3.35. The van der Waals surface area contributed by atoms with E-state index in [2.05, 4.69) is 4.90 Å². The van der Waals surface area contributed by atoms with Gasteiger partial charge in [0.05, 0.1) is 5.54 Å². The zero-order valence-electron chi connectivity index (χ0n) is 14.2. The normalized spacial score (nSPS) is 20.2. The van der Waals surface area contributed by atoms with Crippen LogP contribution in [0.3, 0.4) is 0 Å². The molecule has 2 N–H and O–H groups in total. The summed E-state index contributed by atoms with van der Waals surface area (Å²) in [6.07, 6.45) is 2.27. The smallest absolute Gasteiger partial charge is 0.242 e. The molecule has 1 aromatic carbocycles. The molecule has 2 aliphatic rings. The van der Waals surface area contributed by atoms with Gasteiger partial charge >= 0.3 is 0 Å². The van der Waals surface area contributed by atoms with Gasteiger partial charge in [0.15, 0.2) is 0 Å². The van der Waals surface area contributed by atoms with E-state index < -0.39 is 17.2 Å². The van der Waals surface area contributed by atoms with Gasteiger partial charge in [-0.15, -0.1) is 24.8 Å². The Labute approximate surface area is 159 Å². The third kappa shape index (κ3) is 4.61. The first-order valence-electron chi connectivity index (χ1n) is 8.22. The summed E-state index contributed by atoms with van der Waals surface area (Å²) in [5.41, 5.74) is 5.87. The number of benzene rings is 1. The Bertz CT molecular complexity index is 606. The first-order chi connectivity index (χ1) is 10.9. The third-order valence-electron chi connectivity index (χ3n) is 4.97. The lowest BCUT2D eigenvalue weighted by atomic mass is 10.0. The van der Waals surface area contributed by atoms with Crippen molar-refractivity contribution in [3.63, 3.8) is 0 Å². The van der Waals surface area contributed by atoms with Crippen LogP contribution in [0.4, 0.5) is 8.78 Å². The molecule has 1 amide bonds. The molecule has 0 spiro atoms. The second-order valence-corrected chi connectivity index (χ2v) is 6.57. The molecular weight excluding hydrogens is 371 g/mol. The van der Waals surface area contributed by atoms with Crippen molar-refractivity contribution in [3.05, 3.63) is 35.4 Å². The van der Waals surface area contributed by atoms with E-state index in [1.54, 1.807) is 0 Å². The zero-order chi connectivity index (χ0) is 16.6. The van der Waals surface area contributed by atoms with Gasteiger partial charge in [0.2, 0.25) is 5.91 Å². The summed E-state index contributed by atoms with van der Waals surface area (Å²) >= 11 is 0. The molecule has 8 heteroatoms. The maximum absolute atomic E-state index is 14.1. The van der Waals surface area contributed by atoms with Crippen molar-refractivity contribution < 1.29 is 13.6 Å². The van der Waals surface area contributed by atoms with Crippen LogP contribution < -0.4 is 5.73 Å². The first kappa shape index (κ1) is 22.1. The number of halogens is 4. The lowest BCUT2D eigenvalue weighted by molar-refractivity contribution is -0.135. The number of rotatable bonds is 4. The first-order valence-corrected chi connectivity index (χ1v) is 8.22. The molecule has 142 valence electrons. The highest BCUT2D eigenvalue weighted by Gasteiger charge is 2.48. The highest BCUT2D eigenvalue weighted by Crippen LogP contribution is 2.35.